The number of hydrogen-bond donors (Lipinski definition) is 3. The Morgan fingerprint density at radius 2 is 1.86 bits per heavy atom. The second kappa shape index (κ2) is 6.15. The summed E-state index contributed by atoms with van der Waals surface area (Å²) < 4.78 is 27.4. The fourth-order valence-corrected chi connectivity index (χ4v) is 3.37. The molecule has 0 radical (unpaired) electrons. The molecule has 0 amide bonds. The summed E-state index contributed by atoms with van der Waals surface area (Å²) in [6, 6.07) is 12.9. The zero-order chi connectivity index (χ0) is 15.5. The number of aromatic hydroxyl groups is 1. The minimum atomic E-state index is -3.70. The van der Waals surface area contributed by atoms with Crippen LogP contribution in [0.2, 0.25) is 0 Å². The molecule has 1 atom stereocenters. The minimum absolute atomic E-state index is 0.0330. The molecule has 0 aliphatic rings. The minimum Gasteiger partial charge on any atom is -0.506 e. The van der Waals surface area contributed by atoms with E-state index in [2.05, 4.69) is 4.72 Å². The number of nitrogens with two attached hydrogens (primary N) is 1. The number of nitrogen functional groups attached to an aromatic ring is 1. The van der Waals surface area contributed by atoms with Gasteiger partial charge in [0, 0.05) is 6.04 Å². The molecule has 112 valence electrons. The lowest BCUT2D eigenvalue weighted by Gasteiger charge is -2.17. The summed E-state index contributed by atoms with van der Waals surface area (Å²) >= 11 is 0. The first kappa shape index (κ1) is 15.3. The number of nitrogens with one attached hydrogen (secondary N) is 1. The molecule has 5 nitrogen and oxygen atoms in total. The topological polar surface area (TPSA) is 92.4 Å². The number of hydrogen-bond acceptors (Lipinski definition) is 4. The summed E-state index contributed by atoms with van der Waals surface area (Å²) in [4.78, 5) is 0.0344. The Morgan fingerprint density at radius 3 is 2.43 bits per heavy atom. The van der Waals surface area contributed by atoms with Crippen LogP contribution in [0.4, 0.5) is 5.69 Å². The molecule has 0 fully saturated rings. The van der Waals surface area contributed by atoms with E-state index in [1.54, 1.807) is 0 Å². The van der Waals surface area contributed by atoms with Gasteiger partial charge in [0.25, 0.3) is 0 Å². The zero-order valence-electron chi connectivity index (χ0n) is 11.7. The maximum atomic E-state index is 12.4. The fraction of sp³-hybridized carbons (Fsp3) is 0.200. The Bertz CT molecular complexity index is 715. The number of benzene rings is 2. The van der Waals surface area contributed by atoms with Crippen molar-refractivity contribution < 1.29 is 13.5 Å². The average Bonchev–Trinajstić information content (AvgIpc) is 2.48. The van der Waals surface area contributed by atoms with Gasteiger partial charge in [-0.3, -0.25) is 0 Å². The summed E-state index contributed by atoms with van der Waals surface area (Å²) in [5.74, 6) is -0.135. The van der Waals surface area contributed by atoms with Crippen molar-refractivity contribution in [3.8, 4) is 5.75 Å². The monoisotopic (exact) mass is 306 g/mol. The van der Waals surface area contributed by atoms with E-state index in [1.807, 2.05) is 37.3 Å². The number of rotatable bonds is 5. The lowest BCUT2D eigenvalue weighted by atomic mass is 10.1. The molecule has 0 saturated heterocycles. The third-order valence-corrected chi connectivity index (χ3v) is 4.69. The van der Waals surface area contributed by atoms with Gasteiger partial charge in [0.15, 0.2) is 0 Å². The van der Waals surface area contributed by atoms with Gasteiger partial charge in [-0.1, -0.05) is 37.3 Å². The fourth-order valence-electron chi connectivity index (χ4n) is 2.03. The Labute approximate surface area is 124 Å². The first-order chi connectivity index (χ1) is 9.94. The highest BCUT2D eigenvalue weighted by atomic mass is 32.2. The molecule has 0 aromatic heterocycles. The van der Waals surface area contributed by atoms with Crippen LogP contribution in [0, 0.1) is 0 Å². The smallest absolute Gasteiger partial charge is 0.241 e. The summed E-state index contributed by atoms with van der Waals surface area (Å²) in [5.41, 5.74) is 6.48. The van der Waals surface area contributed by atoms with Crippen molar-refractivity contribution in [3.05, 3.63) is 54.1 Å². The van der Waals surface area contributed by atoms with Crippen LogP contribution in [0.3, 0.4) is 0 Å². The van der Waals surface area contributed by atoms with E-state index in [0.29, 0.717) is 6.42 Å². The van der Waals surface area contributed by atoms with Gasteiger partial charge in [-0.15, -0.1) is 0 Å². The van der Waals surface area contributed by atoms with Gasteiger partial charge < -0.3 is 10.8 Å². The van der Waals surface area contributed by atoms with Crippen LogP contribution < -0.4 is 10.5 Å². The molecule has 2 aromatic rings. The molecule has 0 saturated carbocycles. The third-order valence-electron chi connectivity index (χ3n) is 3.22. The quantitative estimate of drug-likeness (QED) is 0.584. The number of sulfonamides is 1. The van der Waals surface area contributed by atoms with Crippen molar-refractivity contribution in [2.75, 3.05) is 5.73 Å². The first-order valence-corrected chi connectivity index (χ1v) is 8.08. The van der Waals surface area contributed by atoms with Crippen molar-refractivity contribution in [1.82, 2.24) is 4.72 Å². The van der Waals surface area contributed by atoms with E-state index in [-0.39, 0.29) is 22.4 Å². The molecule has 0 aliphatic heterocycles. The molecule has 1 unspecified atom stereocenters. The van der Waals surface area contributed by atoms with Crippen LogP contribution in [0.1, 0.15) is 24.9 Å². The van der Waals surface area contributed by atoms with E-state index in [4.69, 9.17) is 5.73 Å². The van der Waals surface area contributed by atoms with E-state index >= 15 is 0 Å². The van der Waals surface area contributed by atoms with Crippen LogP contribution in [0.25, 0.3) is 0 Å². The average molecular weight is 306 g/mol. The summed E-state index contributed by atoms with van der Waals surface area (Å²) in [7, 11) is -3.70. The second-order valence-electron chi connectivity index (χ2n) is 4.71. The van der Waals surface area contributed by atoms with Crippen LogP contribution in [0.15, 0.2) is 53.4 Å². The normalized spacial score (nSPS) is 13.0. The lowest BCUT2D eigenvalue weighted by molar-refractivity contribution is 0.477. The van der Waals surface area contributed by atoms with Gasteiger partial charge in [-0.25, -0.2) is 13.1 Å². The molecule has 0 aliphatic carbocycles. The van der Waals surface area contributed by atoms with Gasteiger partial charge in [-0.2, -0.15) is 0 Å². The van der Waals surface area contributed by atoms with Crippen molar-refractivity contribution in [2.45, 2.75) is 24.3 Å². The summed E-state index contributed by atoms with van der Waals surface area (Å²) in [5, 5.41) is 9.38. The van der Waals surface area contributed by atoms with Gasteiger partial charge in [-0.05, 0) is 30.2 Å². The largest absolute Gasteiger partial charge is 0.506 e. The number of phenolic OH excluding ortho intramolecular Hbond substituents is 1. The highest BCUT2D eigenvalue weighted by molar-refractivity contribution is 7.89. The summed E-state index contributed by atoms with van der Waals surface area (Å²) in [6.45, 7) is 1.91. The molecule has 6 heteroatoms. The van der Waals surface area contributed by atoms with E-state index < -0.39 is 10.0 Å². The molecule has 0 spiro atoms. The molecule has 0 heterocycles. The SMILES string of the molecule is CCC(NS(=O)(=O)c1ccc(O)c(N)c1)c1ccccc1. The Balaban J connectivity index is 2.29. The standard InChI is InChI=1S/C15H18N2O3S/c1-2-14(11-6-4-3-5-7-11)17-21(19,20)12-8-9-15(18)13(16)10-12/h3-10,14,17-18H,2,16H2,1H3. The van der Waals surface area contributed by atoms with Crippen LogP contribution in [-0.4, -0.2) is 13.5 Å². The zero-order valence-corrected chi connectivity index (χ0v) is 12.5. The molecule has 4 N–H and O–H groups in total. The highest BCUT2D eigenvalue weighted by Crippen LogP contribution is 2.25. The Hall–Kier alpha value is -2.05. The summed E-state index contributed by atoms with van der Waals surface area (Å²) in [6.07, 6.45) is 0.622. The van der Waals surface area contributed by atoms with Gasteiger partial charge in [0.1, 0.15) is 5.75 Å². The van der Waals surface area contributed by atoms with E-state index in [9.17, 15) is 13.5 Å². The van der Waals surface area contributed by atoms with Crippen molar-refractivity contribution in [1.29, 1.82) is 0 Å². The van der Waals surface area contributed by atoms with Crippen molar-refractivity contribution in [2.24, 2.45) is 0 Å². The van der Waals surface area contributed by atoms with Gasteiger partial charge >= 0.3 is 0 Å². The number of phenols is 1. The highest BCUT2D eigenvalue weighted by Gasteiger charge is 2.20. The van der Waals surface area contributed by atoms with Gasteiger partial charge in [0.05, 0.1) is 10.6 Å². The lowest BCUT2D eigenvalue weighted by Crippen LogP contribution is -2.28. The van der Waals surface area contributed by atoms with Crippen molar-refractivity contribution in [3.63, 3.8) is 0 Å². The molecule has 0 bridgehead atoms. The molecular formula is C15H18N2O3S. The first-order valence-electron chi connectivity index (χ1n) is 6.60. The Morgan fingerprint density at radius 1 is 1.19 bits per heavy atom. The predicted molar refractivity (Wildman–Crippen MR) is 82.3 cm³/mol. The maximum absolute atomic E-state index is 12.4. The predicted octanol–water partition coefficient (Wildman–Crippen LogP) is 2.40. The molecular weight excluding hydrogens is 288 g/mol. The number of anilines is 1. The van der Waals surface area contributed by atoms with Crippen LogP contribution in [-0.2, 0) is 10.0 Å². The van der Waals surface area contributed by atoms with Crippen LogP contribution >= 0.6 is 0 Å². The van der Waals surface area contributed by atoms with Crippen molar-refractivity contribution >= 4 is 15.7 Å². The Kier molecular flexibility index (Phi) is 4.50. The van der Waals surface area contributed by atoms with Crippen LogP contribution in [0.5, 0.6) is 5.75 Å². The third kappa shape index (κ3) is 3.53. The molecule has 21 heavy (non-hydrogen) atoms. The molecule has 2 aromatic carbocycles. The second-order valence-corrected chi connectivity index (χ2v) is 6.43. The van der Waals surface area contributed by atoms with E-state index in [1.165, 1.54) is 18.2 Å². The van der Waals surface area contributed by atoms with Gasteiger partial charge in [0.2, 0.25) is 10.0 Å². The maximum Gasteiger partial charge on any atom is 0.241 e. The van der Waals surface area contributed by atoms with E-state index in [0.717, 1.165) is 5.56 Å². The molecule has 2 rings (SSSR count).